The first kappa shape index (κ1) is 12.8. The van der Waals surface area contributed by atoms with E-state index in [1.165, 1.54) is 13.0 Å². The molecule has 4 heteroatoms. The second kappa shape index (κ2) is 8.41. The molecule has 0 aliphatic carbocycles. The third-order valence-corrected chi connectivity index (χ3v) is 2.51. The summed E-state index contributed by atoms with van der Waals surface area (Å²) in [4.78, 5) is 3.18. The Morgan fingerprint density at radius 2 is 1.92 bits per heavy atom. The van der Waals surface area contributed by atoms with Gasteiger partial charge in [0.1, 0.15) is 0 Å². The Hall–Kier alpha value is -0.190. The predicted molar refractivity (Wildman–Crippen MR) is 61.6 cm³/mol. The van der Waals surface area contributed by atoms with Crippen molar-refractivity contribution < 1.29 is 0 Å². The number of hydrogen-bond acceptors (Lipinski definition) is 3. The van der Waals surface area contributed by atoms with E-state index in [-0.39, 0.29) is 0 Å². The van der Waals surface area contributed by atoms with Gasteiger partial charge in [-0.05, 0) is 38.9 Å². The van der Waals surface area contributed by atoms with Crippen molar-refractivity contribution >= 4 is 17.2 Å². The largest absolute Gasteiger partial charge is 0.318 e. The van der Waals surface area contributed by atoms with E-state index in [1.54, 1.807) is 0 Å². The maximum Gasteiger partial charge on any atom is 0.0893 e. The number of nitrogens with two attached hydrogens (primary N) is 1. The van der Waals surface area contributed by atoms with Gasteiger partial charge in [0.15, 0.2) is 0 Å². The van der Waals surface area contributed by atoms with E-state index in [4.69, 9.17) is 18.1 Å². The van der Waals surface area contributed by atoms with Crippen LogP contribution in [0.1, 0.15) is 33.1 Å². The van der Waals surface area contributed by atoms with Gasteiger partial charge in [0.2, 0.25) is 0 Å². The Morgan fingerprint density at radius 1 is 1.31 bits per heavy atom. The summed E-state index contributed by atoms with van der Waals surface area (Å²) in [5.74, 6) is 5.16. The van der Waals surface area contributed by atoms with Crippen LogP contribution in [0.3, 0.4) is 0 Å². The van der Waals surface area contributed by atoms with Crippen molar-refractivity contribution in [2.45, 2.75) is 33.1 Å². The molecule has 13 heavy (non-hydrogen) atoms. The zero-order valence-electron chi connectivity index (χ0n) is 8.68. The molecule has 3 nitrogen and oxygen atoms in total. The van der Waals surface area contributed by atoms with Crippen LogP contribution in [0.2, 0.25) is 0 Å². The Bertz CT molecular complexity index is 135. The number of hydrazine groups is 1. The van der Waals surface area contributed by atoms with Crippen LogP contribution in [0, 0.1) is 0 Å². The fourth-order valence-corrected chi connectivity index (χ4v) is 1.38. The normalized spacial score (nSPS) is 10.5. The first-order valence-electron chi connectivity index (χ1n) is 4.96. The number of thiocarbonyl (C=S) groups is 1. The summed E-state index contributed by atoms with van der Waals surface area (Å²) >= 11 is 4.94. The minimum Gasteiger partial charge on any atom is -0.318 e. The highest BCUT2D eigenvalue weighted by atomic mass is 32.1. The molecule has 0 spiro atoms. The summed E-state index contributed by atoms with van der Waals surface area (Å²) in [6.45, 7) is 7.82. The number of nitrogens with zero attached hydrogens (tertiary/aromatic N) is 1. The van der Waals surface area contributed by atoms with Crippen LogP contribution in [0.5, 0.6) is 0 Å². The lowest BCUT2D eigenvalue weighted by atomic mass is 10.2. The molecule has 3 N–H and O–H groups in total. The Morgan fingerprint density at radius 3 is 2.38 bits per heavy atom. The van der Waals surface area contributed by atoms with Crippen LogP contribution < -0.4 is 11.3 Å². The van der Waals surface area contributed by atoms with Crippen LogP contribution >= 0.6 is 12.2 Å². The van der Waals surface area contributed by atoms with Crippen molar-refractivity contribution in [1.29, 1.82) is 0 Å². The summed E-state index contributed by atoms with van der Waals surface area (Å²) in [5.41, 5.74) is 2.50. The molecule has 78 valence electrons. The topological polar surface area (TPSA) is 41.3 Å². The van der Waals surface area contributed by atoms with E-state index in [2.05, 4.69) is 24.2 Å². The molecule has 0 unspecified atom stereocenters. The van der Waals surface area contributed by atoms with E-state index in [1.807, 2.05) is 0 Å². The average Bonchev–Trinajstić information content (AvgIpc) is 2.18. The monoisotopic (exact) mass is 203 g/mol. The fraction of sp³-hybridized carbons (Fsp3) is 0.889. The predicted octanol–water partition coefficient (Wildman–Crippen LogP) is 1.29. The highest BCUT2D eigenvalue weighted by Crippen LogP contribution is 1.99. The average molecular weight is 203 g/mol. The van der Waals surface area contributed by atoms with Gasteiger partial charge in [-0.25, -0.2) is 0 Å². The lowest BCUT2D eigenvalue weighted by Crippen LogP contribution is -2.28. The molecule has 0 saturated carbocycles. The molecule has 0 amide bonds. The summed E-state index contributed by atoms with van der Waals surface area (Å²) in [6.07, 6.45) is 3.23. The van der Waals surface area contributed by atoms with Gasteiger partial charge in [0.05, 0.1) is 4.99 Å². The molecule has 0 fully saturated rings. The molecule has 0 aromatic carbocycles. The molecule has 0 aliphatic heterocycles. The van der Waals surface area contributed by atoms with Crippen molar-refractivity contribution in [1.82, 2.24) is 10.3 Å². The lowest BCUT2D eigenvalue weighted by Gasteiger charge is -2.17. The van der Waals surface area contributed by atoms with Crippen LogP contribution in [-0.2, 0) is 0 Å². The van der Waals surface area contributed by atoms with Crippen LogP contribution in [0.4, 0.5) is 0 Å². The highest BCUT2D eigenvalue weighted by molar-refractivity contribution is 7.80. The van der Waals surface area contributed by atoms with Crippen molar-refractivity contribution in [2.75, 3.05) is 19.6 Å². The summed E-state index contributed by atoms with van der Waals surface area (Å²) < 4.78 is 0. The molecular formula is C9H21N3S. The Labute approximate surface area is 86.6 Å². The van der Waals surface area contributed by atoms with Gasteiger partial charge in [-0.3, -0.25) is 5.84 Å². The van der Waals surface area contributed by atoms with E-state index < -0.39 is 0 Å². The number of rotatable bonds is 7. The molecule has 0 rings (SSSR count). The fourth-order valence-electron chi connectivity index (χ4n) is 1.23. The Kier molecular flexibility index (Phi) is 8.29. The van der Waals surface area contributed by atoms with E-state index in [0.29, 0.717) is 0 Å². The summed E-state index contributed by atoms with van der Waals surface area (Å²) in [7, 11) is 0. The van der Waals surface area contributed by atoms with Gasteiger partial charge in [0, 0.05) is 0 Å². The second-order valence-corrected chi connectivity index (χ2v) is 3.54. The molecule has 0 heterocycles. The maximum absolute atomic E-state index is 5.16. The lowest BCUT2D eigenvalue weighted by molar-refractivity contribution is 0.297. The molecular weight excluding hydrogens is 182 g/mol. The summed E-state index contributed by atoms with van der Waals surface area (Å²) in [5, 5.41) is 0. The van der Waals surface area contributed by atoms with Gasteiger partial charge in [-0.1, -0.05) is 26.1 Å². The SMILES string of the molecule is CCN(CC)CCCCC(=S)NN. The second-order valence-electron chi connectivity index (χ2n) is 3.05. The first-order valence-corrected chi connectivity index (χ1v) is 5.37. The molecule has 0 aromatic rings. The summed E-state index contributed by atoms with van der Waals surface area (Å²) in [6, 6.07) is 0. The van der Waals surface area contributed by atoms with Crippen LogP contribution in [-0.4, -0.2) is 29.5 Å². The minimum absolute atomic E-state index is 0.763. The van der Waals surface area contributed by atoms with Crippen molar-refractivity contribution in [2.24, 2.45) is 5.84 Å². The highest BCUT2D eigenvalue weighted by Gasteiger charge is 1.98. The van der Waals surface area contributed by atoms with Crippen molar-refractivity contribution in [3.8, 4) is 0 Å². The van der Waals surface area contributed by atoms with Crippen molar-refractivity contribution in [3.63, 3.8) is 0 Å². The smallest absolute Gasteiger partial charge is 0.0893 e. The van der Waals surface area contributed by atoms with Crippen LogP contribution in [0.15, 0.2) is 0 Å². The molecule has 0 aromatic heterocycles. The van der Waals surface area contributed by atoms with E-state index in [9.17, 15) is 0 Å². The van der Waals surface area contributed by atoms with Crippen LogP contribution in [0.25, 0.3) is 0 Å². The molecule has 0 aliphatic rings. The minimum atomic E-state index is 0.763. The quantitative estimate of drug-likeness (QED) is 0.283. The molecule has 0 saturated heterocycles. The standard InChI is InChI=1S/C9H21N3S/c1-3-12(4-2)8-6-5-7-9(13)11-10/h3-8,10H2,1-2H3,(H,11,13). The van der Waals surface area contributed by atoms with Gasteiger partial charge in [0.25, 0.3) is 0 Å². The maximum atomic E-state index is 5.16. The first-order chi connectivity index (χ1) is 6.24. The van der Waals surface area contributed by atoms with Gasteiger partial charge < -0.3 is 10.3 Å². The number of nitrogens with one attached hydrogen (secondary N) is 1. The van der Waals surface area contributed by atoms with Gasteiger partial charge in [-0.2, -0.15) is 0 Å². The van der Waals surface area contributed by atoms with Crippen molar-refractivity contribution in [3.05, 3.63) is 0 Å². The Balaban J connectivity index is 3.28. The molecule has 0 atom stereocenters. The van der Waals surface area contributed by atoms with E-state index in [0.717, 1.165) is 30.9 Å². The zero-order chi connectivity index (χ0) is 10.1. The number of hydrogen-bond donors (Lipinski definition) is 2. The molecule has 0 bridgehead atoms. The number of unbranched alkanes of at least 4 members (excludes halogenated alkanes) is 1. The molecule has 0 radical (unpaired) electrons. The van der Waals surface area contributed by atoms with E-state index >= 15 is 0 Å². The third kappa shape index (κ3) is 6.93. The zero-order valence-corrected chi connectivity index (χ0v) is 9.49. The van der Waals surface area contributed by atoms with Gasteiger partial charge in [-0.15, -0.1) is 0 Å². The third-order valence-electron chi connectivity index (χ3n) is 2.18. The van der Waals surface area contributed by atoms with Gasteiger partial charge >= 0.3 is 0 Å².